The maximum atomic E-state index is 11.7. The van der Waals surface area contributed by atoms with Crippen LogP contribution < -0.4 is 0 Å². The summed E-state index contributed by atoms with van der Waals surface area (Å²) < 4.78 is 17.4. The molecule has 1 saturated heterocycles. The number of ether oxygens (including phenoxy) is 2. The largest absolute Gasteiger partial charge is 0.409 e. The van der Waals surface area contributed by atoms with E-state index < -0.39 is 20.1 Å². The second kappa shape index (κ2) is 6.91. The minimum absolute atomic E-state index is 0.00621. The molecule has 1 aliphatic heterocycles. The van der Waals surface area contributed by atoms with Crippen LogP contribution in [0.3, 0.4) is 0 Å². The Morgan fingerprint density at radius 3 is 2.25 bits per heavy atom. The Kier molecular flexibility index (Phi) is 5.49. The van der Waals surface area contributed by atoms with E-state index in [4.69, 9.17) is 13.9 Å². The van der Waals surface area contributed by atoms with Gasteiger partial charge in [0.25, 0.3) is 5.54 Å². The summed E-state index contributed by atoms with van der Waals surface area (Å²) in [6.45, 7) is 10.5. The van der Waals surface area contributed by atoms with Gasteiger partial charge in [0, 0.05) is 10.5 Å². The van der Waals surface area contributed by atoms with Crippen LogP contribution in [0.5, 0.6) is 0 Å². The molecule has 0 saturated carbocycles. The minimum atomic E-state index is -2.08. The van der Waals surface area contributed by atoms with E-state index in [1.54, 1.807) is 0 Å². The van der Waals surface area contributed by atoms with E-state index in [1.807, 2.05) is 30.3 Å². The highest BCUT2D eigenvalue weighted by molar-refractivity contribution is 6.74. The molecule has 0 spiro atoms. The first-order valence-electron chi connectivity index (χ1n) is 8.14. The van der Waals surface area contributed by atoms with Crippen molar-refractivity contribution in [3.05, 3.63) is 46.0 Å². The van der Waals surface area contributed by atoms with Gasteiger partial charge in [0.1, 0.15) is 19.8 Å². The van der Waals surface area contributed by atoms with Crippen LogP contribution >= 0.6 is 0 Å². The number of benzene rings is 1. The van der Waals surface area contributed by atoms with Crippen molar-refractivity contribution in [2.45, 2.75) is 50.7 Å². The van der Waals surface area contributed by atoms with Gasteiger partial charge in [-0.1, -0.05) is 51.1 Å². The van der Waals surface area contributed by atoms with Gasteiger partial charge in [-0.15, -0.1) is 0 Å². The summed E-state index contributed by atoms with van der Waals surface area (Å²) in [4.78, 5) is 11.3. The van der Waals surface area contributed by atoms with E-state index in [-0.39, 0.29) is 29.8 Å². The molecular weight excluding hydrogens is 326 g/mol. The molecule has 7 heteroatoms. The molecule has 0 radical (unpaired) electrons. The number of hydrogen-bond acceptors (Lipinski definition) is 5. The molecule has 0 unspecified atom stereocenters. The molecule has 1 fully saturated rings. The Bertz CT molecular complexity index is 562. The van der Waals surface area contributed by atoms with Gasteiger partial charge in [-0.25, -0.2) is 0 Å². The summed E-state index contributed by atoms with van der Waals surface area (Å²) in [6.07, 6.45) is -0.563. The number of nitro groups is 1. The minimum Gasteiger partial charge on any atom is -0.409 e. The van der Waals surface area contributed by atoms with Crippen LogP contribution in [-0.4, -0.2) is 38.6 Å². The fourth-order valence-electron chi connectivity index (χ4n) is 2.13. The molecule has 1 aromatic carbocycles. The van der Waals surface area contributed by atoms with Crippen LogP contribution in [0.1, 0.15) is 32.6 Å². The molecule has 1 heterocycles. The first kappa shape index (κ1) is 19.0. The topological polar surface area (TPSA) is 70.8 Å². The van der Waals surface area contributed by atoms with Gasteiger partial charge >= 0.3 is 0 Å². The van der Waals surface area contributed by atoms with Gasteiger partial charge in [0.15, 0.2) is 14.6 Å². The van der Waals surface area contributed by atoms with Crippen LogP contribution in [-0.2, 0) is 13.9 Å². The monoisotopic (exact) mass is 353 g/mol. The van der Waals surface area contributed by atoms with E-state index in [9.17, 15) is 10.1 Å². The summed E-state index contributed by atoms with van der Waals surface area (Å²) in [5.41, 5.74) is -0.486. The predicted molar refractivity (Wildman–Crippen MR) is 94.0 cm³/mol. The third-order valence-corrected chi connectivity index (χ3v) is 9.45. The maximum Gasteiger partial charge on any atom is 0.289 e. The third kappa shape index (κ3) is 4.03. The highest BCUT2D eigenvalue weighted by Gasteiger charge is 2.51. The van der Waals surface area contributed by atoms with Gasteiger partial charge in [-0.2, -0.15) is 0 Å². The Morgan fingerprint density at radius 2 is 1.79 bits per heavy atom. The molecule has 0 aliphatic carbocycles. The van der Waals surface area contributed by atoms with Crippen LogP contribution in [0, 0.1) is 10.1 Å². The smallest absolute Gasteiger partial charge is 0.289 e. The van der Waals surface area contributed by atoms with E-state index in [1.165, 1.54) is 0 Å². The molecule has 0 N–H and O–H groups in total. The lowest BCUT2D eigenvalue weighted by Gasteiger charge is -2.39. The van der Waals surface area contributed by atoms with Crippen molar-refractivity contribution in [3.63, 3.8) is 0 Å². The first-order valence-corrected chi connectivity index (χ1v) is 11.0. The second-order valence-corrected chi connectivity index (χ2v) is 12.7. The van der Waals surface area contributed by atoms with E-state index in [0.29, 0.717) is 0 Å². The fourth-order valence-corrected chi connectivity index (χ4v) is 3.19. The van der Waals surface area contributed by atoms with Crippen molar-refractivity contribution in [2.24, 2.45) is 0 Å². The zero-order valence-corrected chi connectivity index (χ0v) is 16.1. The lowest BCUT2D eigenvalue weighted by Crippen LogP contribution is -2.57. The van der Waals surface area contributed by atoms with Crippen molar-refractivity contribution in [1.82, 2.24) is 0 Å². The quantitative estimate of drug-likeness (QED) is 0.458. The zero-order chi connectivity index (χ0) is 18.0. The zero-order valence-electron chi connectivity index (χ0n) is 15.1. The van der Waals surface area contributed by atoms with Crippen LogP contribution in [0.2, 0.25) is 18.1 Å². The Labute approximate surface area is 144 Å². The Balaban J connectivity index is 2.05. The van der Waals surface area contributed by atoms with Gasteiger partial charge < -0.3 is 13.9 Å². The van der Waals surface area contributed by atoms with Crippen molar-refractivity contribution < 1.29 is 18.8 Å². The van der Waals surface area contributed by atoms with Gasteiger partial charge in [0.2, 0.25) is 0 Å². The van der Waals surface area contributed by atoms with E-state index in [0.717, 1.165) is 5.56 Å². The maximum absolute atomic E-state index is 11.7. The number of nitrogens with zero attached hydrogens (tertiary/aromatic N) is 1. The van der Waals surface area contributed by atoms with Gasteiger partial charge in [0.05, 0.1) is 0 Å². The highest BCUT2D eigenvalue weighted by atomic mass is 28.4. The molecule has 0 atom stereocenters. The molecule has 1 aliphatic rings. The molecule has 0 amide bonds. The summed E-state index contributed by atoms with van der Waals surface area (Å²) in [5.74, 6) is 0. The van der Waals surface area contributed by atoms with E-state index in [2.05, 4.69) is 33.9 Å². The molecular formula is C17H27NO5Si. The Morgan fingerprint density at radius 1 is 1.25 bits per heavy atom. The molecule has 134 valence electrons. The van der Waals surface area contributed by atoms with Crippen LogP contribution in [0.25, 0.3) is 0 Å². The summed E-state index contributed by atoms with van der Waals surface area (Å²) in [7, 11) is -2.08. The molecule has 0 bridgehead atoms. The molecule has 2 rings (SSSR count). The molecule has 24 heavy (non-hydrogen) atoms. The average Bonchev–Trinajstić information content (AvgIpc) is 2.53. The SMILES string of the molecule is CC(C)(C)[Si](C)(C)OCC1([N+](=O)[O-])COC(c2ccccc2)OC1. The van der Waals surface area contributed by atoms with Crippen molar-refractivity contribution >= 4 is 8.32 Å². The second-order valence-electron chi connectivity index (χ2n) is 7.90. The van der Waals surface area contributed by atoms with Gasteiger partial charge in [-0.3, -0.25) is 10.1 Å². The van der Waals surface area contributed by atoms with Crippen molar-refractivity contribution in [3.8, 4) is 0 Å². The van der Waals surface area contributed by atoms with Gasteiger partial charge in [-0.05, 0) is 18.1 Å². The predicted octanol–water partition coefficient (Wildman–Crippen LogP) is 3.77. The summed E-state index contributed by atoms with van der Waals surface area (Å²) in [5, 5.41) is 11.7. The normalized spacial score (nSPS) is 25.5. The summed E-state index contributed by atoms with van der Waals surface area (Å²) in [6, 6.07) is 9.45. The third-order valence-electron chi connectivity index (χ3n) is 4.97. The Hall–Kier alpha value is -1.28. The molecule has 6 nitrogen and oxygen atoms in total. The summed E-state index contributed by atoms with van der Waals surface area (Å²) >= 11 is 0. The standard InChI is InChI=1S/C17H27NO5Si/c1-16(2,3)24(4,5)23-13-17(18(19)20)11-21-15(22-12-17)14-9-7-6-8-10-14/h6-10,15H,11-13H2,1-5H3. The van der Waals surface area contributed by atoms with Crippen LogP contribution in [0.4, 0.5) is 0 Å². The molecule has 1 aromatic rings. The van der Waals surface area contributed by atoms with E-state index >= 15 is 0 Å². The number of rotatable bonds is 5. The highest BCUT2D eigenvalue weighted by Crippen LogP contribution is 2.38. The van der Waals surface area contributed by atoms with Crippen LogP contribution in [0.15, 0.2) is 30.3 Å². The van der Waals surface area contributed by atoms with Crippen molar-refractivity contribution in [2.75, 3.05) is 19.8 Å². The fraction of sp³-hybridized carbons (Fsp3) is 0.647. The lowest BCUT2D eigenvalue weighted by molar-refractivity contribution is -0.594. The van der Waals surface area contributed by atoms with Crippen molar-refractivity contribution in [1.29, 1.82) is 0 Å². The average molecular weight is 353 g/mol. The first-order chi connectivity index (χ1) is 11.1. The molecule has 0 aromatic heterocycles. The number of hydrogen-bond donors (Lipinski definition) is 0. The lowest BCUT2D eigenvalue weighted by atomic mass is 10.0.